The summed E-state index contributed by atoms with van der Waals surface area (Å²) in [6.07, 6.45) is 6.91. The normalized spacial score (nSPS) is 9.60. The average molecular weight is 266 g/mol. The minimum Gasteiger partial charge on any atom is -0.398 e. The highest BCUT2D eigenvalue weighted by molar-refractivity contribution is 9.10. The summed E-state index contributed by atoms with van der Waals surface area (Å²) in [5.74, 6) is 2.56. The van der Waals surface area contributed by atoms with Crippen molar-refractivity contribution in [3.05, 3.63) is 28.2 Å². The highest BCUT2D eigenvalue weighted by atomic mass is 79.9. The zero-order valence-corrected chi connectivity index (χ0v) is 9.88. The van der Waals surface area contributed by atoms with Crippen molar-refractivity contribution < 1.29 is 4.79 Å². The molecule has 0 aliphatic rings. The number of nitrogen functional groups attached to an aromatic ring is 1. The molecule has 78 valence electrons. The van der Waals surface area contributed by atoms with E-state index in [0.29, 0.717) is 30.5 Å². The summed E-state index contributed by atoms with van der Waals surface area (Å²) in [5, 5.41) is 0. The predicted octanol–water partition coefficient (Wildman–Crippen LogP) is 3.02. The van der Waals surface area contributed by atoms with Gasteiger partial charge >= 0.3 is 0 Å². The molecule has 0 unspecified atom stereocenters. The molecule has 0 aromatic heterocycles. The standard InChI is InChI=1S/C12H12BrNO/c1-2-3-4-5-12(15)10-7-6-9(13)8-11(10)14/h1,6-8H,3-5,14H2. The number of hydrogen-bond donors (Lipinski definition) is 1. The Morgan fingerprint density at radius 1 is 1.53 bits per heavy atom. The molecule has 0 fully saturated rings. The van der Waals surface area contributed by atoms with Crippen LogP contribution in [0, 0.1) is 12.3 Å². The SMILES string of the molecule is C#CCCCC(=O)c1ccc(Br)cc1N. The molecule has 0 saturated heterocycles. The molecule has 0 bridgehead atoms. The molecule has 1 aromatic rings. The van der Waals surface area contributed by atoms with Crippen LogP contribution in [0.3, 0.4) is 0 Å². The molecule has 0 saturated carbocycles. The second-order valence-electron chi connectivity index (χ2n) is 3.21. The Balaban J connectivity index is 2.70. The van der Waals surface area contributed by atoms with Crippen molar-refractivity contribution >= 4 is 27.4 Å². The van der Waals surface area contributed by atoms with E-state index >= 15 is 0 Å². The van der Waals surface area contributed by atoms with Gasteiger partial charge in [-0.2, -0.15) is 0 Å². The fourth-order valence-electron chi connectivity index (χ4n) is 1.27. The van der Waals surface area contributed by atoms with Crippen molar-refractivity contribution in [2.75, 3.05) is 5.73 Å². The molecule has 2 nitrogen and oxygen atoms in total. The third-order valence-electron chi connectivity index (χ3n) is 2.04. The number of Topliss-reactive ketones (excluding diaryl/α,β-unsaturated/α-hetero) is 1. The summed E-state index contributed by atoms with van der Waals surface area (Å²) in [6, 6.07) is 5.27. The third-order valence-corrected chi connectivity index (χ3v) is 2.53. The van der Waals surface area contributed by atoms with Crippen LogP contribution in [0.5, 0.6) is 0 Å². The summed E-state index contributed by atoms with van der Waals surface area (Å²) in [6.45, 7) is 0. The van der Waals surface area contributed by atoms with E-state index in [4.69, 9.17) is 12.2 Å². The lowest BCUT2D eigenvalue weighted by Crippen LogP contribution is -2.03. The van der Waals surface area contributed by atoms with Crippen LogP contribution < -0.4 is 5.73 Å². The maximum absolute atomic E-state index is 11.7. The average Bonchev–Trinajstić information content (AvgIpc) is 2.17. The van der Waals surface area contributed by atoms with E-state index in [1.165, 1.54) is 0 Å². The Morgan fingerprint density at radius 3 is 2.87 bits per heavy atom. The van der Waals surface area contributed by atoms with Gasteiger partial charge in [0.15, 0.2) is 5.78 Å². The summed E-state index contributed by atoms with van der Waals surface area (Å²) in [4.78, 5) is 11.7. The fraction of sp³-hybridized carbons (Fsp3) is 0.250. The van der Waals surface area contributed by atoms with E-state index in [2.05, 4.69) is 21.9 Å². The van der Waals surface area contributed by atoms with Crippen molar-refractivity contribution in [3.63, 3.8) is 0 Å². The molecule has 0 aliphatic carbocycles. The number of carbonyl (C=O) groups is 1. The maximum atomic E-state index is 11.7. The number of anilines is 1. The third kappa shape index (κ3) is 3.41. The minimum atomic E-state index is 0.0512. The van der Waals surface area contributed by atoms with Gasteiger partial charge in [-0.05, 0) is 24.6 Å². The first kappa shape index (κ1) is 11.8. The summed E-state index contributed by atoms with van der Waals surface area (Å²) < 4.78 is 0.875. The Morgan fingerprint density at radius 2 is 2.27 bits per heavy atom. The van der Waals surface area contributed by atoms with Gasteiger partial charge in [0.25, 0.3) is 0 Å². The lowest BCUT2D eigenvalue weighted by molar-refractivity contribution is 0.0981. The summed E-state index contributed by atoms with van der Waals surface area (Å²) in [7, 11) is 0. The number of benzene rings is 1. The topological polar surface area (TPSA) is 43.1 Å². The summed E-state index contributed by atoms with van der Waals surface area (Å²) >= 11 is 3.29. The van der Waals surface area contributed by atoms with Gasteiger partial charge in [0.05, 0.1) is 0 Å². The van der Waals surface area contributed by atoms with Crippen LogP contribution in [-0.4, -0.2) is 5.78 Å². The van der Waals surface area contributed by atoms with Crippen LogP contribution in [0.4, 0.5) is 5.69 Å². The minimum absolute atomic E-state index is 0.0512. The highest BCUT2D eigenvalue weighted by Gasteiger charge is 2.08. The van der Waals surface area contributed by atoms with Gasteiger partial charge in [0, 0.05) is 28.6 Å². The number of carbonyl (C=O) groups excluding carboxylic acids is 1. The van der Waals surface area contributed by atoms with E-state index in [9.17, 15) is 4.79 Å². The second-order valence-corrected chi connectivity index (χ2v) is 4.13. The Hall–Kier alpha value is -1.27. The van der Waals surface area contributed by atoms with Crippen LogP contribution >= 0.6 is 15.9 Å². The summed E-state index contributed by atoms with van der Waals surface area (Å²) in [5.41, 5.74) is 6.82. The molecular formula is C12H12BrNO. The van der Waals surface area contributed by atoms with Gasteiger partial charge in [-0.1, -0.05) is 15.9 Å². The van der Waals surface area contributed by atoms with E-state index in [1.807, 2.05) is 6.07 Å². The molecular weight excluding hydrogens is 254 g/mol. The number of unbranched alkanes of at least 4 members (excludes halogenated alkanes) is 1. The van der Waals surface area contributed by atoms with E-state index < -0.39 is 0 Å². The van der Waals surface area contributed by atoms with Gasteiger partial charge in [-0.25, -0.2) is 0 Å². The van der Waals surface area contributed by atoms with E-state index in [1.54, 1.807) is 12.1 Å². The lowest BCUT2D eigenvalue weighted by atomic mass is 10.0. The van der Waals surface area contributed by atoms with Crippen molar-refractivity contribution in [1.82, 2.24) is 0 Å². The number of rotatable bonds is 4. The van der Waals surface area contributed by atoms with Gasteiger partial charge in [-0.3, -0.25) is 4.79 Å². The van der Waals surface area contributed by atoms with Crippen molar-refractivity contribution in [2.24, 2.45) is 0 Å². The Kier molecular flexibility index (Phi) is 4.38. The van der Waals surface area contributed by atoms with E-state index in [0.717, 1.165) is 4.47 Å². The zero-order valence-electron chi connectivity index (χ0n) is 8.29. The lowest BCUT2D eigenvalue weighted by Gasteiger charge is -2.04. The van der Waals surface area contributed by atoms with Crippen LogP contribution in [-0.2, 0) is 0 Å². The molecule has 1 rings (SSSR count). The molecule has 1 aromatic carbocycles. The molecule has 0 heterocycles. The highest BCUT2D eigenvalue weighted by Crippen LogP contribution is 2.20. The number of halogens is 1. The molecule has 0 spiro atoms. The maximum Gasteiger partial charge on any atom is 0.164 e. The molecule has 0 atom stereocenters. The van der Waals surface area contributed by atoms with Gasteiger partial charge in [-0.15, -0.1) is 12.3 Å². The van der Waals surface area contributed by atoms with Crippen molar-refractivity contribution in [1.29, 1.82) is 0 Å². The molecule has 0 amide bonds. The van der Waals surface area contributed by atoms with Gasteiger partial charge in [0.2, 0.25) is 0 Å². The van der Waals surface area contributed by atoms with Crippen LogP contribution in [0.1, 0.15) is 29.6 Å². The molecule has 15 heavy (non-hydrogen) atoms. The first-order valence-electron chi connectivity index (χ1n) is 4.67. The van der Waals surface area contributed by atoms with Gasteiger partial charge < -0.3 is 5.73 Å². The van der Waals surface area contributed by atoms with Crippen molar-refractivity contribution in [3.8, 4) is 12.3 Å². The number of ketones is 1. The number of nitrogens with two attached hydrogens (primary N) is 1. The molecule has 3 heteroatoms. The first-order chi connectivity index (χ1) is 7.15. The first-order valence-corrected chi connectivity index (χ1v) is 5.46. The molecule has 0 radical (unpaired) electrons. The monoisotopic (exact) mass is 265 g/mol. The Labute approximate surface area is 98.0 Å². The van der Waals surface area contributed by atoms with Crippen LogP contribution in [0.25, 0.3) is 0 Å². The van der Waals surface area contributed by atoms with Crippen molar-refractivity contribution in [2.45, 2.75) is 19.3 Å². The Bertz CT molecular complexity index is 407. The van der Waals surface area contributed by atoms with Crippen LogP contribution in [0.15, 0.2) is 22.7 Å². The zero-order chi connectivity index (χ0) is 11.3. The molecule has 0 aliphatic heterocycles. The van der Waals surface area contributed by atoms with Crippen LogP contribution in [0.2, 0.25) is 0 Å². The second kappa shape index (κ2) is 5.57. The van der Waals surface area contributed by atoms with Gasteiger partial charge in [0.1, 0.15) is 0 Å². The largest absolute Gasteiger partial charge is 0.398 e. The molecule has 2 N–H and O–H groups in total. The number of terminal acetylenes is 1. The predicted molar refractivity (Wildman–Crippen MR) is 65.6 cm³/mol. The fourth-order valence-corrected chi connectivity index (χ4v) is 1.65. The quantitative estimate of drug-likeness (QED) is 0.394. The van der Waals surface area contributed by atoms with E-state index in [-0.39, 0.29) is 5.78 Å². The number of hydrogen-bond acceptors (Lipinski definition) is 2. The smallest absolute Gasteiger partial charge is 0.164 e.